The molecule has 0 aliphatic heterocycles. The van der Waals surface area contributed by atoms with Crippen LogP contribution in [0.3, 0.4) is 0 Å². The molecule has 98 valence electrons. The number of aliphatic hydroxyl groups is 1. The SMILES string of the molecule is OC1(C#Cc2ccc3[nH]cc(Br)c3c2)CCCCC1. The van der Waals surface area contributed by atoms with Crippen molar-refractivity contribution in [2.24, 2.45) is 0 Å². The van der Waals surface area contributed by atoms with Gasteiger partial charge >= 0.3 is 0 Å². The molecule has 1 fully saturated rings. The Bertz CT molecular complexity index is 656. The highest BCUT2D eigenvalue weighted by Crippen LogP contribution is 2.28. The Kier molecular flexibility index (Phi) is 3.38. The van der Waals surface area contributed by atoms with Crippen molar-refractivity contribution in [1.29, 1.82) is 0 Å². The van der Waals surface area contributed by atoms with Gasteiger partial charge in [0.25, 0.3) is 0 Å². The zero-order valence-electron chi connectivity index (χ0n) is 10.7. The van der Waals surface area contributed by atoms with Crippen LogP contribution in [-0.4, -0.2) is 15.7 Å². The van der Waals surface area contributed by atoms with E-state index < -0.39 is 5.60 Å². The van der Waals surface area contributed by atoms with E-state index in [1.54, 1.807) is 0 Å². The minimum Gasteiger partial charge on any atom is -0.378 e. The molecule has 1 aromatic heterocycles. The van der Waals surface area contributed by atoms with Gasteiger partial charge in [0.05, 0.1) is 0 Å². The molecule has 2 aromatic rings. The number of fused-ring (bicyclic) bond motifs is 1. The van der Waals surface area contributed by atoms with E-state index in [2.05, 4.69) is 38.8 Å². The van der Waals surface area contributed by atoms with Crippen LogP contribution < -0.4 is 0 Å². The number of aromatic amines is 1. The van der Waals surface area contributed by atoms with E-state index in [1.807, 2.05) is 18.3 Å². The van der Waals surface area contributed by atoms with Gasteiger partial charge in [-0.05, 0) is 59.8 Å². The fraction of sp³-hybridized carbons (Fsp3) is 0.375. The first-order valence-corrected chi connectivity index (χ1v) is 7.48. The van der Waals surface area contributed by atoms with Gasteiger partial charge in [-0.2, -0.15) is 0 Å². The zero-order chi connectivity index (χ0) is 13.3. The molecule has 0 spiro atoms. The van der Waals surface area contributed by atoms with E-state index >= 15 is 0 Å². The van der Waals surface area contributed by atoms with Gasteiger partial charge in [0.2, 0.25) is 0 Å². The van der Waals surface area contributed by atoms with Gasteiger partial charge in [-0.3, -0.25) is 0 Å². The third-order valence-corrected chi connectivity index (χ3v) is 4.41. The van der Waals surface area contributed by atoms with Gasteiger partial charge in [0.1, 0.15) is 5.60 Å². The van der Waals surface area contributed by atoms with Gasteiger partial charge < -0.3 is 10.1 Å². The Morgan fingerprint density at radius 1 is 1.21 bits per heavy atom. The molecule has 0 radical (unpaired) electrons. The maximum atomic E-state index is 10.4. The standard InChI is InChI=1S/C16H16BrNO/c17-14-11-18-15-5-4-12(10-13(14)15)6-9-16(19)7-2-1-3-8-16/h4-5,10-11,18-19H,1-3,7-8H2. The van der Waals surface area contributed by atoms with Crippen molar-refractivity contribution in [1.82, 2.24) is 4.98 Å². The Balaban J connectivity index is 1.90. The number of halogens is 1. The minimum atomic E-state index is -0.775. The summed E-state index contributed by atoms with van der Waals surface area (Å²) in [5.74, 6) is 6.20. The van der Waals surface area contributed by atoms with Gasteiger partial charge in [0, 0.05) is 27.1 Å². The van der Waals surface area contributed by atoms with Crippen LogP contribution in [0.25, 0.3) is 10.9 Å². The van der Waals surface area contributed by atoms with Crippen LogP contribution in [0.4, 0.5) is 0 Å². The summed E-state index contributed by atoms with van der Waals surface area (Å²) in [4.78, 5) is 3.18. The molecule has 2 nitrogen and oxygen atoms in total. The summed E-state index contributed by atoms with van der Waals surface area (Å²) in [7, 11) is 0. The van der Waals surface area contributed by atoms with Gasteiger partial charge in [-0.15, -0.1) is 0 Å². The summed E-state index contributed by atoms with van der Waals surface area (Å²) in [5, 5.41) is 11.5. The molecule has 0 saturated heterocycles. The molecule has 0 atom stereocenters. The van der Waals surface area contributed by atoms with Crippen molar-refractivity contribution in [3.05, 3.63) is 34.4 Å². The highest BCUT2D eigenvalue weighted by molar-refractivity contribution is 9.10. The molecule has 3 heteroatoms. The summed E-state index contributed by atoms with van der Waals surface area (Å²) in [6, 6.07) is 6.06. The predicted octanol–water partition coefficient (Wildman–Crippen LogP) is 3.98. The Hall–Kier alpha value is -1.24. The second-order valence-electron chi connectivity index (χ2n) is 5.24. The van der Waals surface area contributed by atoms with Crippen LogP contribution in [0, 0.1) is 11.8 Å². The lowest BCUT2D eigenvalue weighted by Crippen LogP contribution is -2.29. The van der Waals surface area contributed by atoms with Gasteiger partial charge in [-0.25, -0.2) is 0 Å². The fourth-order valence-electron chi connectivity index (χ4n) is 2.61. The van der Waals surface area contributed by atoms with E-state index in [1.165, 1.54) is 6.42 Å². The van der Waals surface area contributed by atoms with Crippen LogP contribution in [0.1, 0.15) is 37.7 Å². The molecular weight excluding hydrogens is 302 g/mol. The maximum absolute atomic E-state index is 10.4. The summed E-state index contributed by atoms with van der Waals surface area (Å²) >= 11 is 3.51. The largest absolute Gasteiger partial charge is 0.378 e. The maximum Gasteiger partial charge on any atom is 0.125 e. The quantitative estimate of drug-likeness (QED) is 0.708. The van der Waals surface area contributed by atoms with E-state index in [4.69, 9.17) is 0 Å². The molecular formula is C16H16BrNO. The number of hydrogen-bond acceptors (Lipinski definition) is 1. The Morgan fingerprint density at radius 2 is 2.00 bits per heavy atom. The highest BCUT2D eigenvalue weighted by Gasteiger charge is 2.26. The number of rotatable bonds is 0. The van der Waals surface area contributed by atoms with Crippen molar-refractivity contribution < 1.29 is 5.11 Å². The van der Waals surface area contributed by atoms with Crippen LogP contribution in [-0.2, 0) is 0 Å². The van der Waals surface area contributed by atoms with Gasteiger partial charge in [-0.1, -0.05) is 18.3 Å². The van der Waals surface area contributed by atoms with Crippen molar-refractivity contribution in [3.8, 4) is 11.8 Å². The monoisotopic (exact) mass is 317 g/mol. The van der Waals surface area contributed by atoms with E-state index in [0.717, 1.165) is 46.6 Å². The zero-order valence-corrected chi connectivity index (χ0v) is 12.3. The van der Waals surface area contributed by atoms with Crippen LogP contribution in [0.2, 0.25) is 0 Å². The average Bonchev–Trinajstić information content (AvgIpc) is 2.79. The molecule has 3 rings (SSSR count). The predicted molar refractivity (Wildman–Crippen MR) is 80.9 cm³/mol. The average molecular weight is 318 g/mol. The lowest BCUT2D eigenvalue weighted by molar-refractivity contribution is 0.0610. The summed E-state index contributed by atoms with van der Waals surface area (Å²) < 4.78 is 1.04. The molecule has 0 bridgehead atoms. The Labute approximate surface area is 121 Å². The molecule has 1 heterocycles. The molecule has 1 saturated carbocycles. The topological polar surface area (TPSA) is 36.0 Å². The van der Waals surface area contributed by atoms with Crippen LogP contribution >= 0.6 is 15.9 Å². The van der Waals surface area contributed by atoms with E-state index in [9.17, 15) is 5.11 Å². The van der Waals surface area contributed by atoms with Crippen molar-refractivity contribution in [3.63, 3.8) is 0 Å². The van der Waals surface area contributed by atoms with Crippen LogP contribution in [0.15, 0.2) is 28.9 Å². The van der Waals surface area contributed by atoms with Gasteiger partial charge in [0.15, 0.2) is 0 Å². The summed E-state index contributed by atoms with van der Waals surface area (Å²) in [6.45, 7) is 0. The van der Waals surface area contributed by atoms with E-state index in [0.29, 0.717) is 0 Å². The second-order valence-corrected chi connectivity index (χ2v) is 6.09. The number of benzene rings is 1. The normalized spacial score (nSPS) is 18.0. The smallest absolute Gasteiger partial charge is 0.125 e. The number of hydrogen-bond donors (Lipinski definition) is 2. The molecule has 19 heavy (non-hydrogen) atoms. The minimum absolute atomic E-state index is 0.775. The number of aromatic nitrogens is 1. The molecule has 1 aliphatic carbocycles. The highest BCUT2D eigenvalue weighted by atomic mass is 79.9. The van der Waals surface area contributed by atoms with E-state index in [-0.39, 0.29) is 0 Å². The molecule has 1 aliphatic rings. The molecule has 2 N–H and O–H groups in total. The Morgan fingerprint density at radius 3 is 2.79 bits per heavy atom. The first kappa shape index (κ1) is 12.8. The van der Waals surface area contributed by atoms with Crippen LogP contribution in [0.5, 0.6) is 0 Å². The molecule has 0 unspecified atom stereocenters. The fourth-order valence-corrected chi connectivity index (χ4v) is 3.06. The number of nitrogens with one attached hydrogen (secondary N) is 1. The molecule has 1 aromatic carbocycles. The third-order valence-electron chi connectivity index (χ3n) is 3.75. The second kappa shape index (κ2) is 5.03. The summed E-state index contributed by atoms with van der Waals surface area (Å²) in [6.07, 6.45) is 6.90. The molecule has 0 amide bonds. The summed E-state index contributed by atoms with van der Waals surface area (Å²) in [5.41, 5.74) is 1.27. The lowest BCUT2D eigenvalue weighted by atomic mass is 9.85. The first-order valence-electron chi connectivity index (χ1n) is 6.69. The number of H-pyrrole nitrogens is 1. The van der Waals surface area contributed by atoms with Crippen molar-refractivity contribution in [2.75, 3.05) is 0 Å². The van der Waals surface area contributed by atoms with Crippen molar-refractivity contribution in [2.45, 2.75) is 37.7 Å². The lowest BCUT2D eigenvalue weighted by Gasteiger charge is -2.26. The van der Waals surface area contributed by atoms with Crippen molar-refractivity contribution >= 4 is 26.8 Å². The third kappa shape index (κ3) is 2.70. The first-order chi connectivity index (χ1) is 9.16.